The van der Waals surface area contributed by atoms with Crippen LogP contribution in [0.3, 0.4) is 0 Å². The third-order valence-electron chi connectivity index (χ3n) is 3.65. The molecule has 3 nitrogen and oxygen atoms in total. The van der Waals surface area contributed by atoms with Gasteiger partial charge in [-0.25, -0.2) is 0 Å². The van der Waals surface area contributed by atoms with Gasteiger partial charge in [0.15, 0.2) is 0 Å². The molecule has 0 heterocycles. The summed E-state index contributed by atoms with van der Waals surface area (Å²) in [5.74, 6) is 0.660. The number of hydrogen-bond acceptors (Lipinski definition) is 3. The van der Waals surface area contributed by atoms with E-state index in [4.69, 9.17) is 4.74 Å². The highest BCUT2D eigenvalue weighted by atomic mass is 16.6. The van der Waals surface area contributed by atoms with Crippen molar-refractivity contribution in [1.29, 1.82) is 0 Å². The van der Waals surface area contributed by atoms with Crippen LogP contribution in [0.1, 0.15) is 53.4 Å². The lowest BCUT2D eigenvalue weighted by molar-refractivity contribution is -0.167. The monoisotopic (exact) mass is 228 g/mol. The molecule has 1 saturated carbocycles. The fourth-order valence-corrected chi connectivity index (χ4v) is 2.58. The molecule has 0 aromatic rings. The van der Waals surface area contributed by atoms with Gasteiger partial charge in [0, 0.05) is 12.8 Å². The number of aliphatic hydroxyl groups is 1. The van der Waals surface area contributed by atoms with E-state index in [1.807, 2.05) is 6.92 Å². The van der Waals surface area contributed by atoms with Gasteiger partial charge < -0.3 is 9.84 Å². The van der Waals surface area contributed by atoms with E-state index in [9.17, 15) is 9.90 Å². The molecule has 0 aromatic heterocycles. The Balaban J connectivity index is 2.58. The Kier molecular flexibility index (Phi) is 4.36. The summed E-state index contributed by atoms with van der Waals surface area (Å²) in [6.07, 6.45) is 2.43. The van der Waals surface area contributed by atoms with Crippen LogP contribution in [0.25, 0.3) is 0 Å². The molecule has 1 aliphatic carbocycles. The third-order valence-corrected chi connectivity index (χ3v) is 3.65. The molecular formula is C13H24O3. The van der Waals surface area contributed by atoms with E-state index in [0.717, 1.165) is 12.8 Å². The topological polar surface area (TPSA) is 46.5 Å². The predicted molar refractivity (Wildman–Crippen MR) is 63.0 cm³/mol. The van der Waals surface area contributed by atoms with Crippen LogP contribution in [0.2, 0.25) is 0 Å². The van der Waals surface area contributed by atoms with Crippen molar-refractivity contribution in [2.24, 2.45) is 11.8 Å². The average Bonchev–Trinajstić information content (AvgIpc) is 2.16. The van der Waals surface area contributed by atoms with Crippen LogP contribution in [0.4, 0.5) is 0 Å². The minimum atomic E-state index is -0.460. The summed E-state index contributed by atoms with van der Waals surface area (Å²) in [5, 5.41) is 10.1. The molecule has 0 unspecified atom stereocenters. The summed E-state index contributed by atoms with van der Waals surface area (Å²) < 4.78 is 5.43. The SMILES string of the molecule is CCC(=O)O[C@]1(C)CC[C@@H](C(C)C)[C@H](O)C1. The molecule has 0 aliphatic heterocycles. The third kappa shape index (κ3) is 3.21. The maximum absolute atomic E-state index is 11.3. The Morgan fingerprint density at radius 1 is 1.56 bits per heavy atom. The fraction of sp³-hybridized carbons (Fsp3) is 0.923. The highest BCUT2D eigenvalue weighted by Gasteiger charge is 2.40. The molecule has 0 aromatic carbocycles. The van der Waals surface area contributed by atoms with Crippen molar-refractivity contribution in [1.82, 2.24) is 0 Å². The first-order valence-electron chi connectivity index (χ1n) is 6.28. The van der Waals surface area contributed by atoms with Crippen molar-refractivity contribution >= 4 is 5.97 Å². The summed E-state index contributed by atoms with van der Waals surface area (Å²) in [4.78, 5) is 11.3. The molecule has 0 saturated heterocycles. The largest absolute Gasteiger partial charge is 0.459 e. The molecule has 0 radical (unpaired) electrons. The first-order chi connectivity index (χ1) is 7.38. The minimum absolute atomic E-state index is 0.169. The van der Waals surface area contributed by atoms with E-state index in [-0.39, 0.29) is 12.1 Å². The van der Waals surface area contributed by atoms with E-state index in [1.165, 1.54) is 0 Å². The van der Waals surface area contributed by atoms with Gasteiger partial charge in [0.1, 0.15) is 5.60 Å². The Bertz CT molecular complexity index is 250. The number of hydrogen-bond donors (Lipinski definition) is 1. The zero-order valence-electron chi connectivity index (χ0n) is 10.8. The van der Waals surface area contributed by atoms with Crippen molar-refractivity contribution in [3.05, 3.63) is 0 Å². The number of rotatable bonds is 3. The van der Waals surface area contributed by atoms with Crippen LogP contribution in [0.5, 0.6) is 0 Å². The number of aliphatic hydroxyl groups excluding tert-OH is 1. The van der Waals surface area contributed by atoms with Crippen LogP contribution in [-0.2, 0) is 9.53 Å². The highest BCUT2D eigenvalue weighted by molar-refractivity contribution is 5.69. The second-order valence-electron chi connectivity index (χ2n) is 5.50. The number of esters is 1. The summed E-state index contributed by atoms with van der Waals surface area (Å²) in [6.45, 7) is 7.99. The number of ether oxygens (including phenoxy) is 1. The van der Waals surface area contributed by atoms with Crippen LogP contribution in [0, 0.1) is 11.8 Å². The van der Waals surface area contributed by atoms with Crippen LogP contribution in [-0.4, -0.2) is 22.8 Å². The molecule has 3 heteroatoms. The normalized spacial score (nSPS) is 35.1. The molecule has 0 amide bonds. The van der Waals surface area contributed by atoms with Crippen molar-refractivity contribution in [3.63, 3.8) is 0 Å². The average molecular weight is 228 g/mol. The first kappa shape index (κ1) is 13.5. The van der Waals surface area contributed by atoms with Gasteiger partial charge in [0.2, 0.25) is 0 Å². The van der Waals surface area contributed by atoms with Gasteiger partial charge in [-0.2, -0.15) is 0 Å². The summed E-state index contributed by atoms with van der Waals surface area (Å²) >= 11 is 0. The zero-order chi connectivity index (χ0) is 12.3. The van der Waals surface area contributed by atoms with E-state index >= 15 is 0 Å². The molecular weight excluding hydrogens is 204 g/mol. The molecule has 1 rings (SSSR count). The zero-order valence-corrected chi connectivity index (χ0v) is 10.8. The van der Waals surface area contributed by atoms with Gasteiger partial charge in [-0.3, -0.25) is 4.79 Å². The highest BCUT2D eigenvalue weighted by Crippen LogP contribution is 2.38. The Labute approximate surface area is 98.2 Å². The number of carbonyl (C=O) groups excluding carboxylic acids is 1. The molecule has 0 bridgehead atoms. The smallest absolute Gasteiger partial charge is 0.306 e. The molecule has 3 atom stereocenters. The van der Waals surface area contributed by atoms with E-state index < -0.39 is 5.60 Å². The predicted octanol–water partition coefficient (Wildman–Crippen LogP) is 2.52. The summed E-state index contributed by atoms with van der Waals surface area (Å²) in [5.41, 5.74) is -0.460. The Hall–Kier alpha value is -0.570. The summed E-state index contributed by atoms with van der Waals surface area (Å²) in [6, 6.07) is 0. The molecule has 1 fully saturated rings. The van der Waals surface area contributed by atoms with Gasteiger partial charge in [0.25, 0.3) is 0 Å². The fourth-order valence-electron chi connectivity index (χ4n) is 2.58. The summed E-state index contributed by atoms with van der Waals surface area (Å²) in [7, 11) is 0. The van der Waals surface area contributed by atoms with Gasteiger partial charge in [-0.05, 0) is 31.6 Å². The molecule has 94 valence electrons. The lowest BCUT2D eigenvalue weighted by Gasteiger charge is -2.41. The lowest BCUT2D eigenvalue weighted by Crippen LogP contribution is -2.44. The lowest BCUT2D eigenvalue weighted by atomic mass is 9.73. The van der Waals surface area contributed by atoms with Crippen molar-refractivity contribution in [2.75, 3.05) is 0 Å². The van der Waals surface area contributed by atoms with Gasteiger partial charge in [-0.15, -0.1) is 0 Å². The second-order valence-corrected chi connectivity index (χ2v) is 5.50. The maximum Gasteiger partial charge on any atom is 0.306 e. The van der Waals surface area contributed by atoms with E-state index in [0.29, 0.717) is 24.7 Å². The first-order valence-corrected chi connectivity index (χ1v) is 6.28. The maximum atomic E-state index is 11.3. The van der Waals surface area contributed by atoms with Gasteiger partial charge in [0.05, 0.1) is 6.10 Å². The van der Waals surface area contributed by atoms with Gasteiger partial charge >= 0.3 is 5.97 Å². The van der Waals surface area contributed by atoms with E-state index in [2.05, 4.69) is 13.8 Å². The standard InChI is InChI=1S/C13H24O3/c1-5-12(15)16-13(4)7-6-10(9(2)3)11(14)8-13/h9-11,14H,5-8H2,1-4H3/t10-,11+,13+/m0/s1. The van der Waals surface area contributed by atoms with E-state index in [1.54, 1.807) is 6.92 Å². The number of carbonyl (C=O) groups is 1. The Morgan fingerprint density at radius 2 is 2.19 bits per heavy atom. The van der Waals surface area contributed by atoms with Crippen molar-refractivity contribution < 1.29 is 14.6 Å². The Morgan fingerprint density at radius 3 is 2.62 bits per heavy atom. The van der Waals surface area contributed by atoms with Crippen LogP contribution >= 0.6 is 0 Å². The quantitative estimate of drug-likeness (QED) is 0.755. The second kappa shape index (κ2) is 5.17. The molecule has 0 spiro atoms. The van der Waals surface area contributed by atoms with Crippen molar-refractivity contribution in [2.45, 2.75) is 65.1 Å². The van der Waals surface area contributed by atoms with Gasteiger partial charge in [-0.1, -0.05) is 20.8 Å². The van der Waals surface area contributed by atoms with Crippen LogP contribution < -0.4 is 0 Å². The minimum Gasteiger partial charge on any atom is -0.459 e. The van der Waals surface area contributed by atoms with Crippen LogP contribution in [0.15, 0.2) is 0 Å². The van der Waals surface area contributed by atoms with Crippen molar-refractivity contribution in [3.8, 4) is 0 Å². The molecule has 1 aliphatic rings. The molecule has 1 N–H and O–H groups in total. The molecule has 16 heavy (non-hydrogen) atoms.